The van der Waals surface area contributed by atoms with Crippen LogP contribution in [-0.2, 0) is 0 Å². The lowest BCUT2D eigenvalue weighted by Crippen LogP contribution is -2.43. The van der Waals surface area contributed by atoms with Crippen molar-refractivity contribution in [3.8, 4) is 0 Å². The van der Waals surface area contributed by atoms with Gasteiger partial charge in [0.15, 0.2) is 0 Å². The molecule has 0 radical (unpaired) electrons. The van der Waals surface area contributed by atoms with E-state index in [-0.39, 0.29) is 6.04 Å². The van der Waals surface area contributed by atoms with E-state index >= 15 is 0 Å². The van der Waals surface area contributed by atoms with E-state index in [9.17, 15) is 4.79 Å². The van der Waals surface area contributed by atoms with Crippen molar-refractivity contribution in [1.29, 1.82) is 0 Å². The first-order chi connectivity index (χ1) is 4.70. The van der Waals surface area contributed by atoms with Gasteiger partial charge in [-0.15, -0.1) is 0 Å². The number of urea groups is 1. The highest BCUT2D eigenvalue weighted by molar-refractivity contribution is 5.71. The lowest BCUT2D eigenvalue weighted by atomic mass is 9.80. The van der Waals surface area contributed by atoms with Crippen molar-refractivity contribution in [2.24, 2.45) is 11.7 Å². The summed E-state index contributed by atoms with van der Waals surface area (Å²) in [6, 6.07) is -0.134. The number of nitrogens with one attached hydrogen (secondary N) is 1. The van der Waals surface area contributed by atoms with Gasteiger partial charge in [-0.05, 0) is 25.7 Å². The molecule has 3 nitrogen and oxygen atoms in total. The molecule has 1 rings (SSSR count). The molecule has 1 fully saturated rings. The molecule has 0 aromatic rings. The quantitative estimate of drug-likeness (QED) is 0.590. The number of hydrogen-bond donors (Lipinski definition) is 2. The Balaban J connectivity index is 2.19. The molecule has 0 unspecified atom stereocenters. The minimum Gasteiger partial charge on any atom is -0.352 e. The number of amides is 2. The highest BCUT2D eigenvalue weighted by Crippen LogP contribution is 2.29. The monoisotopic (exact) mass is 142 g/mol. The van der Waals surface area contributed by atoms with Gasteiger partial charge in [-0.3, -0.25) is 0 Å². The van der Waals surface area contributed by atoms with Gasteiger partial charge in [0.05, 0.1) is 0 Å². The third-order valence-electron chi connectivity index (χ3n) is 2.23. The number of carbonyl (C=O) groups excluding carboxylic acids is 1. The van der Waals surface area contributed by atoms with E-state index in [0.717, 1.165) is 0 Å². The fourth-order valence-corrected chi connectivity index (χ4v) is 1.28. The number of rotatable bonds is 2. The maximum absolute atomic E-state index is 10.4. The molecule has 0 saturated heterocycles. The highest BCUT2D eigenvalue weighted by Gasteiger charge is 2.24. The summed E-state index contributed by atoms with van der Waals surface area (Å²) in [5.41, 5.74) is 4.96. The molecule has 2 amide bonds. The number of carbonyl (C=O) groups is 1. The molecule has 1 saturated carbocycles. The fourth-order valence-electron chi connectivity index (χ4n) is 1.28. The predicted octanol–water partition coefficient (Wildman–Crippen LogP) is 0.843. The maximum atomic E-state index is 10.4. The Labute approximate surface area is 61.0 Å². The lowest BCUT2D eigenvalue weighted by molar-refractivity contribution is 0.219. The molecule has 1 aliphatic rings. The second-order valence-corrected chi connectivity index (χ2v) is 2.99. The molecule has 0 heterocycles. The molecule has 10 heavy (non-hydrogen) atoms. The Morgan fingerprint density at radius 1 is 1.70 bits per heavy atom. The van der Waals surface area contributed by atoms with Crippen LogP contribution >= 0.6 is 0 Å². The van der Waals surface area contributed by atoms with E-state index < -0.39 is 6.03 Å². The average Bonchev–Trinajstić information content (AvgIpc) is 1.55. The van der Waals surface area contributed by atoms with Crippen molar-refractivity contribution < 1.29 is 4.79 Å². The van der Waals surface area contributed by atoms with Crippen LogP contribution in [0.4, 0.5) is 4.79 Å². The maximum Gasteiger partial charge on any atom is 0.312 e. The van der Waals surface area contributed by atoms with Gasteiger partial charge in [-0.2, -0.15) is 0 Å². The second-order valence-electron chi connectivity index (χ2n) is 2.99. The number of primary amides is 1. The smallest absolute Gasteiger partial charge is 0.312 e. The zero-order chi connectivity index (χ0) is 7.56. The minimum atomic E-state index is -0.403. The first-order valence-electron chi connectivity index (χ1n) is 3.76. The van der Waals surface area contributed by atoms with Gasteiger partial charge < -0.3 is 11.1 Å². The van der Waals surface area contributed by atoms with Crippen molar-refractivity contribution in [3.05, 3.63) is 0 Å². The Kier molecular flexibility index (Phi) is 2.14. The molecule has 1 atom stereocenters. The average molecular weight is 142 g/mol. The summed E-state index contributed by atoms with van der Waals surface area (Å²) >= 11 is 0. The fraction of sp³-hybridized carbons (Fsp3) is 0.857. The minimum absolute atomic E-state index is 0.270. The van der Waals surface area contributed by atoms with E-state index in [1.165, 1.54) is 19.3 Å². The van der Waals surface area contributed by atoms with Crippen LogP contribution in [0.2, 0.25) is 0 Å². The zero-order valence-corrected chi connectivity index (χ0v) is 6.26. The molecule has 0 aromatic heterocycles. The second kappa shape index (κ2) is 2.90. The first-order valence-corrected chi connectivity index (χ1v) is 3.76. The van der Waals surface area contributed by atoms with Gasteiger partial charge in [0.1, 0.15) is 0 Å². The third kappa shape index (κ3) is 1.62. The zero-order valence-electron chi connectivity index (χ0n) is 6.26. The Bertz CT molecular complexity index is 132. The molecule has 0 aromatic carbocycles. The largest absolute Gasteiger partial charge is 0.352 e. The van der Waals surface area contributed by atoms with Crippen molar-refractivity contribution in [2.75, 3.05) is 0 Å². The van der Waals surface area contributed by atoms with Gasteiger partial charge in [-0.1, -0.05) is 6.42 Å². The van der Waals surface area contributed by atoms with E-state index in [1.807, 2.05) is 6.92 Å². The summed E-state index contributed by atoms with van der Waals surface area (Å²) in [6.07, 6.45) is 3.78. The molecule has 0 spiro atoms. The van der Waals surface area contributed by atoms with Crippen LogP contribution in [0.1, 0.15) is 26.2 Å². The van der Waals surface area contributed by atoms with Gasteiger partial charge in [0.2, 0.25) is 0 Å². The van der Waals surface area contributed by atoms with Gasteiger partial charge in [-0.25, -0.2) is 4.79 Å². The predicted molar refractivity (Wildman–Crippen MR) is 39.5 cm³/mol. The SMILES string of the molecule is C[C@@H](NC(N)=O)C1CCC1. The van der Waals surface area contributed by atoms with Crippen LogP contribution < -0.4 is 11.1 Å². The lowest BCUT2D eigenvalue weighted by Gasteiger charge is -2.31. The van der Waals surface area contributed by atoms with Crippen LogP contribution in [0, 0.1) is 5.92 Å². The number of hydrogen-bond acceptors (Lipinski definition) is 1. The van der Waals surface area contributed by atoms with Gasteiger partial charge in [0.25, 0.3) is 0 Å². The van der Waals surface area contributed by atoms with Crippen molar-refractivity contribution in [2.45, 2.75) is 32.2 Å². The van der Waals surface area contributed by atoms with E-state index in [1.54, 1.807) is 0 Å². The Morgan fingerprint density at radius 3 is 2.60 bits per heavy atom. The normalized spacial score (nSPS) is 21.3. The third-order valence-corrected chi connectivity index (χ3v) is 2.23. The molecule has 1 aliphatic carbocycles. The van der Waals surface area contributed by atoms with Gasteiger partial charge >= 0.3 is 6.03 Å². The van der Waals surface area contributed by atoms with Crippen LogP contribution in [0.25, 0.3) is 0 Å². The molecule has 3 N–H and O–H groups in total. The summed E-state index contributed by atoms with van der Waals surface area (Å²) in [4.78, 5) is 10.4. The molecule has 0 bridgehead atoms. The van der Waals surface area contributed by atoms with Gasteiger partial charge in [0, 0.05) is 6.04 Å². The molecule has 3 heteroatoms. The summed E-state index contributed by atoms with van der Waals surface area (Å²) < 4.78 is 0. The summed E-state index contributed by atoms with van der Waals surface area (Å²) in [5.74, 6) is 0.674. The van der Waals surface area contributed by atoms with Crippen LogP contribution in [0.5, 0.6) is 0 Å². The van der Waals surface area contributed by atoms with Crippen molar-refractivity contribution in [3.63, 3.8) is 0 Å². The van der Waals surface area contributed by atoms with Crippen molar-refractivity contribution in [1.82, 2.24) is 5.32 Å². The van der Waals surface area contributed by atoms with Crippen LogP contribution in [0.15, 0.2) is 0 Å². The van der Waals surface area contributed by atoms with E-state index in [0.29, 0.717) is 5.92 Å². The first kappa shape index (κ1) is 7.38. The van der Waals surface area contributed by atoms with E-state index in [4.69, 9.17) is 5.73 Å². The Hall–Kier alpha value is -0.730. The number of nitrogens with two attached hydrogens (primary N) is 1. The standard InChI is InChI=1S/C7H14N2O/c1-5(9-7(8)10)6-3-2-4-6/h5-6H,2-4H2,1H3,(H3,8,9,10)/t5-/m1/s1. The molecule has 58 valence electrons. The van der Waals surface area contributed by atoms with E-state index in [2.05, 4.69) is 5.32 Å². The summed E-state index contributed by atoms with van der Waals surface area (Å²) in [7, 11) is 0. The topological polar surface area (TPSA) is 55.1 Å². The molecule has 0 aliphatic heterocycles. The van der Waals surface area contributed by atoms with Crippen LogP contribution in [0.3, 0.4) is 0 Å². The Morgan fingerprint density at radius 2 is 2.30 bits per heavy atom. The molecular formula is C7H14N2O. The van der Waals surface area contributed by atoms with Crippen LogP contribution in [-0.4, -0.2) is 12.1 Å². The molecular weight excluding hydrogens is 128 g/mol. The highest BCUT2D eigenvalue weighted by atomic mass is 16.2. The van der Waals surface area contributed by atoms with Crippen molar-refractivity contribution >= 4 is 6.03 Å². The summed E-state index contributed by atoms with van der Waals surface area (Å²) in [5, 5.41) is 2.68. The summed E-state index contributed by atoms with van der Waals surface area (Å²) in [6.45, 7) is 2.01.